The highest BCUT2D eigenvalue weighted by molar-refractivity contribution is 5.75. The van der Waals surface area contributed by atoms with Gasteiger partial charge in [0, 0.05) is 19.2 Å². The molecule has 104 valence electrons. The molecule has 3 aromatic rings. The summed E-state index contributed by atoms with van der Waals surface area (Å²) >= 11 is 0. The summed E-state index contributed by atoms with van der Waals surface area (Å²) in [4.78, 5) is 4.68. The number of hydrogen-bond donors (Lipinski definition) is 1. The molecule has 0 unspecified atom stereocenters. The van der Waals surface area contributed by atoms with Crippen LogP contribution in [0.15, 0.2) is 34.9 Å². The van der Waals surface area contributed by atoms with E-state index >= 15 is 0 Å². The van der Waals surface area contributed by atoms with Gasteiger partial charge in [0.05, 0.1) is 23.3 Å². The van der Waals surface area contributed by atoms with Gasteiger partial charge in [0.2, 0.25) is 0 Å². The fourth-order valence-corrected chi connectivity index (χ4v) is 2.42. The van der Waals surface area contributed by atoms with E-state index in [9.17, 15) is 0 Å². The van der Waals surface area contributed by atoms with Crippen molar-refractivity contribution in [3.05, 3.63) is 47.6 Å². The maximum Gasteiger partial charge on any atom is 0.133 e. The van der Waals surface area contributed by atoms with Gasteiger partial charge >= 0.3 is 0 Å². The molecule has 0 amide bonds. The lowest BCUT2D eigenvalue weighted by atomic mass is 10.3. The quantitative estimate of drug-likeness (QED) is 0.774. The Bertz CT molecular complexity index is 714. The van der Waals surface area contributed by atoms with Crippen LogP contribution in [0.25, 0.3) is 11.0 Å². The van der Waals surface area contributed by atoms with Crippen LogP contribution in [0.2, 0.25) is 0 Å². The number of nitrogens with zero attached hydrogens (tertiary/aromatic N) is 3. The number of nitrogens with one attached hydrogen (secondary N) is 1. The van der Waals surface area contributed by atoms with Gasteiger partial charge in [0.1, 0.15) is 11.6 Å². The molecule has 0 radical (unpaired) electrons. The van der Waals surface area contributed by atoms with Crippen LogP contribution in [-0.4, -0.2) is 14.7 Å². The predicted octanol–water partition coefficient (Wildman–Crippen LogP) is 2.64. The molecule has 2 heterocycles. The highest BCUT2D eigenvalue weighted by Crippen LogP contribution is 2.15. The Hall–Kier alpha value is -2.14. The van der Waals surface area contributed by atoms with Crippen LogP contribution in [-0.2, 0) is 19.6 Å². The minimum atomic E-state index is 0.685. The van der Waals surface area contributed by atoms with Crippen molar-refractivity contribution in [2.75, 3.05) is 0 Å². The molecule has 0 atom stereocenters. The third-order valence-electron chi connectivity index (χ3n) is 3.32. The van der Waals surface area contributed by atoms with Crippen molar-refractivity contribution in [3.63, 3.8) is 0 Å². The van der Waals surface area contributed by atoms with E-state index in [1.165, 1.54) is 5.52 Å². The third-order valence-corrected chi connectivity index (χ3v) is 3.32. The second kappa shape index (κ2) is 5.46. The number of imidazole rings is 1. The largest absolute Gasteiger partial charge is 0.361 e. The molecular formula is C15H18N4O. The van der Waals surface area contributed by atoms with Gasteiger partial charge in [-0.1, -0.05) is 17.3 Å². The van der Waals surface area contributed by atoms with Gasteiger partial charge in [-0.15, -0.1) is 0 Å². The zero-order chi connectivity index (χ0) is 13.9. The minimum Gasteiger partial charge on any atom is -0.361 e. The van der Waals surface area contributed by atoms with Crippen LogP contribution in [0.1, 0.15) is 24.2 Å². The van der Waals surface area contributed by atoms with Crippen LogP contribution < -0.4 is 5.32 Å². The van der Waals surface area contributed by atoms with Crippen LogP contribution in [0.4, 0.5) is 0 Å². The topological polar surface area (TPSA) is 55.9 Å². The molecule has 0 saturated heterocycles. The molecule has 1 aromatic carbocycles. The molecule has 3 rings (SSSR count). The average molecular weight is 270 g/mol. The summed E-state index contributed by atoms with van der Waals surface area (Å²) in [5, 5.41) is 7.33. The van der Waals surface area contributed by atoms with Crippen LogP contribution in [0, 0.1) is 6.92 Å². The third kappa shape index (κ3) is 2.44. The molecule has 1 N–H and O–H groups in total. The molecule has 20 heavy (non-hydrogen) atoms. The first-order chi connectivity index (χ1) is 9.78. The first-order valence-electron chi connectivity index (χ1n) is 6.85. The number of rotatable bonds is 5. The number of hydrogen-bond acceptors (Lipinski definition) is 4. The number of aromatic nitrogens is 3. The minimum absolute atomic E-state index is 0.685. The second-order valence-corrected chi connectivity index (χ2v) is 4.79. The number of fused-ring (bicyclic) bond motifs is 1. The summed E-state index contributed by atoms with van der Waals surface area (Å²) < 4.78 is 7.28. The van der Waals surface area contributed by atoms with E-state index in [4.69, 9.17) is 4.52 Å². The summed E-state index contributed by atoms with van der Waals surface area (Å²) in [5.41, 5.74) is 3.15. The summed E-state index contributed by atoms with van der Waals surface area (Å²) in [7, 11) is 0. The second-order valence-electron chi connectivity index (χ2n) is 4.79. The number of aryl methyl sites for hydroxylation is 2. The molecule has 0 aliphatic rings. The fourth-order valence-electron chi connectivity index (χ4n) is 2.42. The standard InChI is InChI=1S/C15H18N4O/c1-3-19-14-7-5-4-6-13(14)17-15(19)10-16-9-12-8-11(2)20-18-12/h4-8,16H,3,9-10H2,1-2H3. The van der Waals surface area contributed by atoms with E-state index in [1.807, 2.05) is 31.2 Å². The molecule has 0 aliphatic heterocycles. The molecule has 2 aromatic heterocycles. The van der Waals surface area contributed by atoms with Crippen molar-refractivity contribution in [1.82, 2.24) is 20.0 Å². The van der Waals surface area contributed by atoms with Gasteiger partial charge in [-0.25, -0.2) is 4.98 Å². The molecule has 5 heteroatoms. The van der Waals surface area contributed by atoms with E-state index in [0.717, 1.165) is 29.3 Å². The van der Waals surface area contributed by atoms with Crippen molar-refractivity contribution in [2.24, 2.45) is 0 Å². The Kier molecular flexibility index (Phi) is 3.52. The molecule has 0 saturated carbocycles. The van der Waals surface area contributed by atoms with E-state index in [1.54, 1.807) is 0 Å². The number of benzene rings is 1. The SMILES string of the molecule is CCn1c(CNCc2cc(C)on2)nc2ccccc21. The van der Waals surface area contributed by atoms with E-state index in [-0.39, 0.29) is 0 Å². The monoisotopic (exact) mass is 270 g/mol. The normalized spacial score (nSPS) is 11.3. The van der Waals surface area contributed by atoms with Gasteiger partial charge < -0.3 is 14.4 Å². The van der Waals surface area contributed by atoms with Gasteiger partial charge in [0.15, 0.2) is 0 Å². The van der Waals surface area contributed by atoms with Crippen LogP contribution in [0.5, 0.6) is 0 Å². The Morgan fingerprint density at radius 2 is 2.10 bits per heavy atom. The highest BCUT2D eigenvalue weighted by atomic mass is 16.5. The molecule has 5 nitrogen and oxygen atoms in total. The Morgan fingerprint density at radius 1 is 1.25 bits per heavy atom. The maximum atomic E-state index is 5.05. The van der Waals surface area contributed by atoms with Crippen molar-refractivity contribution >= 4 is 11.0 Å². The summed E-state index contributed by atoms with van der Waals surface area (Å²) in [6.45, 7) is 6.35. The zero-order valence-corrected chi connectivity index (χ0v) is 11.8. The Balaban J connectivity index is 1.73. The van der Waals surface area contributed by atoms with Gasteiger partial charge in [-0.05, 0) is 26.0 Å². The first kappa shape index (κ1) is 12.9. The van der Waals surface area contributed by atoms with Gasteiger partial charge in [-0.2, -0.15) is 0 Å². The highest BCUT2D eigenvalue weighted by Gasteiger charge is 2.08. The maximum absolute atomic E-state index is 5.05. The average Bonchev–Trinajstić information content (AvgIpc) is 3.02. The van der Waals surface area contributed by atoms with E-state index in [2.05, 4.69) is 33.0 Å². The van der Waals surface area contributed by atoms with Gasteiger partial charge in [-0.3, -0.25) is 0 Å². The molecule has 0 aliphatic carbocycles. The molecule has 0 spiro atoms. The first-order valence-corrected chi connectivity index (χ1v) is 6.85. The van der Waals surface area contributed by atoms with Crippen LogP contribution in [0.3, 0.4) is 0 Å². The molecule has 0 fully saturated rings. The number of para-hydroxylation sites is 2. The Labute approximate surface area is 117 Å². The Morgan fingerprint density at radius 3 is 2.85 bits per heavy atom. The molecule has 0 bridgehead atoms. The van der Waals surface area contributed by atoms with Crippen LogP contribution >= 0.6 is 0 Å². The van der Waals surface area contributed by atoms with Crippen molar-refractivity contribution in [3.8, 4) is 0 Å². The predicted molar refractivity (Wildman–Crippen MR) is 77.2 cm³/mol. The summed E-state index contributed by atoms with van der Waals surface area (Å²) in [5.74, 6) is 1.89. The van der Waals surface area contributed by atoms with E-state index < -0.39 is 0 Å². The fraction of sp³-hybridized carbons (Fsp3) is 0.333. The summed E-state index contributed by atoms with van der Waals surface area (Å²) in [6, 6.07) is 10.2. The molecular weight excluding hydrogens is 252 g/mol. The zero-order valence-electron chi connectivity index (χ0n) is 11.8. The smallest absolute Gasteiger partial charge is 0.133 e. The lowest BCUT2D eigenvalue weighted by molar-refractivity contribution is 0.388. The summed E-state index contributed by atoms with van der Waals surface area (Å²) in [6.07, 6.45) is 0. The van der Waals surface area contributed by atoms with Gasteiger partial charge in [0.25, 0.3) is 0 Å². The van der Waals surface area contributed by atoms with Crippen molar-refractivity contribution in [1.29, 1.82) is 0 Å². The van der Waals surface area contributed by atoms with Crippen molar-refractivity contribution in [2.45, 2.75) is 33.5 Å². The van der Waals surface area contributed by atoms with E-state index in [0.29, 0.717) is 13.1 Å². The lowest BCUT2D eigenvalue weighted by Gasteiger charge is -2.06. The lowest BCUT2D eigenvalue weighted by Crippen LogP contribution is -2.16. The van der Waals surface area contributed by atoms with Crippen molar-refractivity contribution < 1.29 is 4.52 Å².